The highest BCUT2D eigenvalue weighted by molar-refractivity contribution is 14.0. The van der Waals surface area contributed by atoms with Crippen LogP contribution in [0, 0.1) is 0 Å². The van der Waals surface area contributed by atoms with E-state index >= 15 is 0 Å². The normalized spacial score (nSPS) is 12.3. The summed E-state index contributed by atoms with van der Waals surface area (Å²) in [4.78, 5) is 4.59. The van der Waals surface area contributed by atoms with Crippen molar-refractivity contribution >= 4 is 53.3 Å². The molecule has 0 bridgehead atoms. The van der Waals surface area contributed by atoms with Gasteiger partial charge >= 0.3 is 0 Å². The fourth-order valence-electron chi connectivity index (χ4n) is 1.81. The number of hydrogen-bond donors (Lipinski definition) is 2. The van der Waals surface area contributed by atoms with Crippen LogP contribution in [0.5, 0.6) is 5.75 Å². The molecule has 0 amide bonds. The van der Waals surface area contributed by atoms with Gasteiger partial charge in [-0.2, -0.15) is 11.8 Å². The van der Waals surface area contributed by atoms with Crippen LogP contribution < -0.4 is 15.4 Å². The zero-order valence-electron chi connectivity index (χ0n) is 14.2. The topological polar surface area (TPSA) is 45.7 Å². The van der Waals surface area contributed by atoms with Crippen molar-refractivity contribution in [2.45, 2.75) is 25.5 Å². The minimum atomic E-state index is 0. The van der Waals surface area contributed by atoms with Gasteiger partial charge < -0.3 is 15.4 Å². The highest BCUT2D eigenvalue weighted by Crippen LogP contribution is 2.22. The van der Waals surface area contributed by atoms with Gasteiger partial charge in [0.15, 0.2) is 5.96 Å². The van der Waals surface area contributed by atoms with Gasteiger partial charge in [-0.3, -0.25) is 4.99 Å². The lowest BCUT2D eigenvalue weighted by atomic mass is 10.1. The zero-order valence-corrected chi connectivity index (χ0v) is 18.1. The van der Waals surface area contributed by atoms with Gasteiger partial charge in [0.2, 0.25) is 0 Å². The molecule has 0 saturated heterocycles. The standard InChI is InChI=1S/C16H26ClN3OS.HI/c1-5-18-16(20-11-12(2)22-4)19-9-8-13-6-7-14(21-3)10-15(13)17;/h6-7,10,12H,5,8-9,11H2,1-4H3,(H2,18,19,20);1H. The van der Waals surface area contributed by atoms with Crippen molar-refractivity contribution in [1.29, 1.82) is 0 Å². The molecule has 1 atom stereocenters. The van der Waals surface area contributed by atoms with Crippen LogP contribution in [0.1, 0.15) is 19.4 Å². The molecule has 0 radical (unpaired) electrons. The molecular formula is C16H27ClIN3OS. The molecule has 1 aromatic rings. The van der Waals surface area contributed by atoms with Gasteiger partial charge in [0.05, 0.1) is 13.7 Å². The molecule has 1 aromatic carbocycles. The number of halogens is 2. The zero-order chi connectivity index (χ0) is 16.4. The maximum atomic E-state index is 6.25. The largest absolute Gasteiger partial charge is 0.497 e. The van der Waals surface area contributed by atoms with Crippen LogP contribution in [-0.2, 0) is 6.42 Å². The summed E-state index contributed by atoms with van der Waals surface area (Å²) in [6, 6.07) is 5.78. The van der Waals surface area contributed by atoms with Crippen LogP contribution >= 0.6 is 47.3 Å². The minimum Gasteiger partial charge on any atom is -0.497 e. The summed E-state index contributed by atoms with van der Waals surface area (Å²) in [6.07, 6.45) is 2.94. The Morgan fingerprint density at radius 2 is 2.13 bits per heavy atom. The van der Waals surface area contributed by atoms with E-state index in [4.69, 9.17) is 16.3 Å². The molecule has 23 heavy (non-hydrogen) atoms. The van der Waals surface area contributed by atoms with E-state index in [1.54, 1.807) is 7.11 Å². The second-order valence-corrected chi connectivity index (χ2v) is 6.58. The van der Waals surface area contributed by atoms with Gasteiger partial charge in [0.25, 0.3) is 0 Å². The third-order valence-corrected chi connectivity index (χ3v) is 4.51. The first kappa shape index (κ1) is 22.7. The van der Waals surface area contributed by atoms with E-state index in [0.29, 0.717) is 5.25 Å². The molecule has 0 aliphatic heterocycles. The first-order chi connectivity index (χ1) is 10.6. The molecule has 4 nitrogen and oxygen atoms in total. The maximum absolute atomic E-state index is 6.25. The van der Waals surface area contributed by atoms with Crippen molar-refractivity contribution in [3.8, 4) is 5.75 Å². The Morgan fingerprint density at radius 3 is 2.70 bits per heavy atom. The van der Waals surface area contributed by atoms with Gasteiger partial charge in [0.1, 0.15) is 5.75 Å². The maximum Gasteiger partial charge on any atom is 0.191 e. The number of aliphatic imine (C=N–C) groups is 1. The van der Waals surface area contributed by atoms with Crippen molar-refractivity contribution in [2.75, 3.05) is 33.0 Å². The predicted molar refractivity (Wildman–Crippen MR) is 114 cm³/mol. The molecule has 2 N–H and O–H groups in total. The molecule has 0 fully saturated rings. The van der Waals surface area contributed by atoms with Gasteiger partial charge in [-0.05, 0) is 37.3 Å². The van der Waals surface area contributed by atoms with Gasteiger partial charge in [-0.25, -0.2) is 0 Å². The second kappa shape index (κ2) is 13.0. The molecule has 0 aliphatic carbocycles. The molecule has 0 aliphatic rings. The van der Waals surface area contributed by atoms with Crippen molar-refractivity contribution < 1.29 is 4.74 Å². The highest BCUT2D eigenvalue weighted by atomic mass is 127. The van der Waals surface area contributed by atoms with Crippen molar-refractivity contribution in [1.82, 2.24) is 10.6 Å². The van der Waals surface area contributed by atoms with Gasteiger partial charge in [-0.15, -0.1) is 24.0 Å². The Morgan fingerprint density at radius 1 is 1.39 bits per heavy atom. The number of hydrogen-bond acceptors (Lipinski definition) is 3. The third kappa shape index (κ3) is 8.91. The van der Waals surface area contributed by atoms with Crippen LogP contribution in [0.25, 0.3) is 0 Å². The average Bonchev–Trinajstić information content (AvgIpc) is 2.53. The summed E-state index contributed by atoms with van der Waals surface area (Å²) < 4.78 is 5.16. The van der Waals surface area contributed by atoms with E-state index in [9.17, 15) is 0 Å². The lowest BCUT2D eigenvalue weighted by Crippen LogP contribution is -2.38. The number of rotatable bonds is 8. The number of guanidine groups is 1. The Balaban J connectivity index is 0.00000484. The summed E-state index contributed by atoms with van der Waals surface area (Å²) in [6.45, 7) is 6.68. The summed E-state index contributed by atoms with van der Waals surface area (Å²) >= 11 is 8.07. The molecule has 132 valence electrons. The Bertz CT molecular complexity index is 488. The molecule has 1 unspecified atom stereocenters. The number of benzene rings is 1. The van der Waals surface area contributed by atoms with Crippen LogP contribution in [0.4, 0.5) is 0 Å². The summed E-state index contributed by atoms with van der Waals surface area (Å²) in [7, 11) is 1.64. The van der Waals surface area contributed by atoms with Crippen molar-refractivity contribution in [2.24, 2.45) is 4.99 Å². The van der Waals surface area contributed by atoms with Crippen LogP contribution in [0.3, 0.4) is 0 Å². The quantitative estimate of drug-likeness (QED) is 0.344. The van der Waals surface area contributed by atoms with Crippen molar-refractivity contribution in [3.63, 3.8) is 0 Å². The number of nitrogens with zero attached hydrogens (tertiary/aromatic N) is 1. The van der Waals surface area contributed by atoms with E-state index in [1.165, 1.54) is 0 Å². The Kier molecular flexibility index (Phi) is 12.8. The number of thioether (sulfide) groups is 1. The molecule has 1 rings (SSSR count). The van der Waals surface area contributed by atoms with E-state index in [2.05, 4.69) is 35.7 Å². The van der Waals surface area contributed by atoms with E-state index in [1.807, 2.05) is 30.0 Å². The van der Waals surface area contributed by atoms with E-state index < -0.39 is 0 Å². The van der Waals surface area contributed by atoms with Gasteiger partial charge in [-0.1, -0.05) is 24.6 Å². The van der Waals surface area contributed by atoms with E-state index in [-0.39, 0.29) is 24.0 Å². The molecule has 0 heterocycles. The number of methoxy groups -OCH3 is 1. The van der Waals surface area contributed by atoms with Crippen LogP contribution in [0.2, 0.25) is 5.02 Å². The number of ether oxygens (including phenoxy) is 1. The van der Waals surface area contributed by atoms with Crippen LogP contribution in [-0.4, -0.2) is 44.2 Å². The molecule has 0 saturated carbocycles. The third-order valence-electron chi connectivity index (χ3n) is 3.20. The second-order valence-electron chi connectivity index (χ2n) is 4.90. The molecule has 7 heteroatoms. The monoisotopic (exact) mass is 471 g/mol. The SMILES string of the molecule is CCNC(=NCC(C)SC)NCCc1ccc(OC)cc1Cl.I. The highest BCUT2D eigenvalue weighted by Gasteiger charge is 2.04. The lowest BCUT2D eigenvalue weighted by molar-refractivity contribution is 0.414. The van der Waals surface area contributed by atoms with Crippen molar-refractivity contribution in [3.05, 3.63) is 28.8 Å². The fourth-order valence-corrected chi connectivity index (χ4v) is 2.30. The molecular weight excluding hydrogens is 445 g/mol. The molecule has 0 aromatic heterocycles. The fraction of sp³-hybridized carbons (Fsp3) is 0.562. The van der Waals surface area contributed by atoms with Crippen LogP contribution in [0.15, 0.2) is 23.2 Å². The average molecular weight is 472 g/mol. The lowest BCUT2D eigenvalue weighted by Gasteiger charge is -2.13. The molecule has 0 spiro atoms. The predicted octanol–water partition coefficient (Wildman–Crippen LogP) is 3.82. The first-order valence-electron chi connectivity index (χ1n) is 7.48. The Labute approximate surface area is 166 Å². The van der Waals surface area contributed by atoms with E-state index in [0.717, 1.165) is 48.4 Å². The smallest absolute Gasteiger partial charge is 0.191 e. The Hall–Kier alpha value is -0.340. The summed E-state index contributed by atoms with van der Waals surface area (Å²) in [5.41, 5.74) is 1.10. The summed E-state index contributed by atoms with van der Waals surface area (Å²) in [5.74, 6) is 1.63. The minimum absolute atomic E-state index is 0. The first-order valence-corrected chi connectivity index (χ1v) is 9.14. The summed E-state index contributed by atoms with van der Waals surface area (Å²) in [5, 5.41) is 7.86. The van der Waals surface area contributed by atoms with Gasteiger partial charge in [0, 0.05) is 23.4 Å². The number of nitrogens with one attached hydrogen (secondary N) is 2.